The Morgan fingerprint density at radius 1 is 0.897 bits per heavy atom. The first-order chi connectivity index (χ1) is 18.6. The van der Waals surface area contributed by atoms with Crippen LogP contribution in [0.2, 0.25) is 15.1 Å². The number of rotatable bonds is 12. The number of anilines is 1. The van der Waals surface area contributed by atoms with Gasteiger partial charge >= 0.3 is 0 Å². The largest absolute Gasteiger partial charge is 0.354 e. The van der Waals surface area contributed by atoms with Crippen LogP contribution in [0.3, 0.4) is 0 Å². The van der Waals surface area contributed by atoms with Gasteiger partial charge < -0.3 is 10.2 Å². The first-order valence-electron chi connectivity index (χ1n) is 12.4. The predicted octanol–water partition coefficient (Wildman–Crippen LogP) is 6.18. The number of halogens is 3. The minimum atomic E-state index is -4.19. The van der Waals surface area contributed by atoms with Crippen molar-refractivity contribution >= 4 is 62.3 Å². The van der Waals surface area contributed by atoms with Gasteiger partial charge in [0.1, 0.15) is 12.6 Å². The molecule has 0 aliphatic carbocycles. The van der Waals surface area contributed by atoms with Gasteiger partial charge in [-0.15, -0.1) is 0 Å². The number of carbonyl (C=O) groups excluding carboxylic acids is 2. The second-order valence-corrected chi connectivity index (χ2v) is 12.0. The number of amides is 2. The van der Waals surface area contributed by atoms with Crippen molar-refractivity contribution in [3.8, 4) is 0 Å². The molecule has 7 nitrogen and oxygen atoms in total. The molecule has 11 heteroatoms. The van der Waals surface area contributed by atoms with Crippen LogP contribution in [-0.4, -0.2) is 44.3 Å². The van der Waals surface area contributed by atoms with Gasteiger partial charge in [0.15, 0.2) is 0 Å². The van der Waals surface area contributed by atoms with Crippen LogP contribution in [0.5, 0.6) is 0 Å². The molecule has 1 N–H and O–H groups in total. The summed E-state index contributed by atoms with van der Waals surface area (Å²) >= 11 is 18.7. The van der Waals surface area contributed by atoms with Crippen LogP contribution in [0.4, 0.5) is 5.69 Å². The Labute approximate surface area is 244 Å². The van der Waals surface area contributed by atoms with Crippen molar-refractivity contribution in [3.63, 3.8) is 0 Å². The van der Waals surface area contributed by atoms with Crippen molar-refractivity contribution in [3.05, 3.63) is 93.4 Å². The van der Waals surface area contributed by atoms with Crippen molar-refractivity contribution in [1.29, 1.82) is 0 Å². The van der Waals surface area contributed by atoms with Crippen LogP contribution < -0.4 is 9.62 Å². The van der Waals surface area contributed by atoms with Crippen molar-refractivity contribution in [1.82, 2.24) is 10.2 Å². The Hall–Kier alpha value is -2.78. The number of para-hydroxylation sites is 1. The molecule has 39 heavy (non-hydrogen) atoms. The highest BCUT2D eigenvalue weighted by molar-refractivity contribution is 7.92. The zero-order chi connectivity index (χ0) is 28.6. The van der Waals surface area contributed by atoms with Gasteiger partial charge in [-0.1, -0.05) is 84.5 Å². The number of unbranched alkanes of at least 4 members (excludes halogenated alkanes) is 1. The zero-order valence-corrected chi connectivity index (χ0v) is 24.7. The molecule has 0 saturated heterocycles. The molecule has 0 spiro atoms. The molecular weight excluding hydrogens is 581 g/mol. The first-order valence-corrected chi connectivity index (χ1v) is 15.0. The van der Waals surface area contributed by atoms with Crippen LogP contribution in [0, 0.1) is 0 Å². The van der Waals surface area contributed by atoms with E-state index in [-0.39, 0.29) is 28.1 Å². The number of sulfonamides is 1. The first kappa shape index (κ1) is 30.8. The molecule has 3 aromatic carbocycles. The van der Waals surface area contributed by atoms with Crippen LogP contribution in [0.25, 0.3) is 0 Å². The van der Waals surface area contributed by atoms with Crippen LogP contribution in [-0.2, 0) is 26.2 Å². The minimum Gasteiger partial charge on any atom is -0.354 e. The lowest BCUT2D eigenvalue weighted by Crippen LogP contribution is -2.51. The summed E-state index contributed by atoms with van der Waals surface area (Å²) in [6.07, 6.45) is 1.68. The molecule has 0 heterocycles. The maximum atomic E-state index is 13.9. The predicted molar refractivity (Wildman–Crippen MR) is 157 cm³/mol. The third-order valence-electron chi connectivity index (χ3n) is 6.07. The Morgan fingerprint density at radius 2 is 1.56 bits per heavy atom. The minimum absolute atomic E-state index is 0.000166. The van der Waals surface area contributed by atoms with E-state index in [1.807, 2.05) is 6.92 Å². The summed E-state index contributed by atoms with van der Waals surface area (Å²) in [6.45, 7) is 3.48. The van der Waals surface area contributed by atoms with Crippen molar-refractivity contribution < 1.29 is 18.0 Å². The van der Waals surface area contributed by atoms with Crippen LogP contribution >= 0.6 is 34.8 Å². The number of hydrogen-bond donors (Lipinski definition) is 1. The van der Waals surface area contributed by atoms with E-state index >= 15 is 0 Å². The number of nitrogens with one attached hydrogen (secondary N) is 1. The third kappa shape index (κ3) is 7.88. The molecule has 0 fully saturated rings. The average molecular weight is 611 g/mol. The molecule has 0 aromatic heterocycles. The van der Waals surface area contributed by atoms with Gasteiger partial charge in [-0.25, -0.2) is 8.42 Å². The zero-order valence-electron chi connectivity index (χ0n) is 21.6. The summed E-state index contributed by atoms with van der Waals surface area (Å²) in [7, 11) is -4.19. The number of nitrogens with zero attached hydrogens (tertiary/aromatic N) is 2. The molecule has 3 aromatic rings. The summed E-state index contributed by atoms with van der Waals surface area (Å²) in [5.74, 6) is -0.953. The molecule has 208 valence electrons. The number of hydrogen-bond acceptors (Lipinski definition) is 4. The van der Waals surface area contributed by atoms with Gasteiger partial charge in [-0.3, -0.25) is 13.9 Å². The molecular formula is C28H30Cl3N3O4S. The number of benzene rings is 3. The van der Waals surface area contributed by atoms with E-state index in [9.17, 15) is 18.0 Å². The fraction of sp³-hybridized carbons (Fsp3) is 0.286. The Balaban J connectivity index is 2.01. The maximum Gasteiger partial charge on any atom is 0.264 e. The summed E-state index contributed by atoms with van der Waals surface area (Å²) in [5.41, 5.74) is 0.770. The molecule has 0 radical (unpaired) electrons. The maximum absolute atomic E-state index is 13.9. The highest BCUT2D eigenvalue weighted by Crippen LogP contribution is 2.31. The highest BCUT2D eigenvalue weighted by Gasteiger charge is 2.33. The Bertz CT molecular complexity index is 1400. The summed E-state index contributed by atoms with van der Waals surface area (Å²) in [5, 5.41) is 3.65. The smallest absolute Gasteiger partial charge is 0.264 e. The average Bonchev–Trinajstić information content (AvgIpc) is 2.92. The Kier molecular flexibility index (Phi) is 11.1. The normalized spacial score (nSPS) is 12.0. The molecule has 0 unspecified atom stereocenters. The van der Waals surface area contributed by atoms with E-state index in [1.165, 1.54) is 23.1 Å². The van der Waals surface area contributed by atoms with E-state index in [1.54, 1.807) is 61.5 Å². The van der Waals surface area contributed by atoms with E-state index < -0.39 is 28.5 Å². The van der Waals surface area contributed by atoms with Crippen molar-refractivity contribution in [2.45, 2.75) is 44.2 Å². The number of carbonyl (C=O) groups is 2. The summed E-state index contributed by atoms with van der Waals surface area (Å²) in [4.78, 5) is 28.2. The summed E-state index contributed by atoms with van der Waals surface area (Å²) < 4.78 is 28.5. The van der Waals surface area contributed by atoms with E-state index in [0.29, 0.717) is 22.2 Å². The van der Waals surface area contributed by atoms with Gasteiger partial charge in [0.05, 0.1) is 25.7 Å². The lowest BCUT2D eigenvalue weighted by Gasteiger charge is -2.32. The van der Waals surface area contributed by atoms with E-state index in [0.717, 1.165) is 17.1 Å². The fourth-order valence-corrected chi connectivity index (χ4v) is 5.90. The molecule has 1 atom stereocenters. The molecule has 0 bridgehead atoms. The van der Waals surface area contributed by atoms with Gasteiger partial charge in [0.2, 0.25) is 11.8 Å². The highest BCUT2D eigenvalue weighted by atomic mass is 35.5. The van der Waals surface area contributed by atoms with Gasteiger partial charge in [-0.2, -0.15) is 0 Å². The lowest BCUT2D eigenvalue weighted by atomic mass is 10.1. The standard InChI is InChI=1S/C28H30Cl3N3O4S/c1-3-4-16-32-28(36)20(2)33(18-21-14-15-23(29)25(31)17-21)27(35)19-34(26-13-9-8-12-24(26)30)39(37,38)22-10-6-5-7-11-22/h5-15,17,20H,3-4,16,18-19H2,1-2H3,(H,32,36)/t20-/m1/s1. The second kappa shape index (κ2) is 14.0. The monoisotopic (exact) mass is 609 g/mol. The van der Waals surface area contributed by atoms with Gasteiger partial charge in [-0.05, 0) is 55.3 Å². The van der Waals surface area contributed by atoms with E-state index in [4.69, 9.17) is 34.8 Å². The van der Waals surface area contributed by atoms with Crippen LogP contribution in [0.15, 0.2) is 77.7 Å². The van der Waals surface area contributed by atoms with Gasteiger partial charge in [0, 0.05) is 13.1 Å². The molecule has 0 saturated carbocycles. The summed E-state index contributed by atoms with van der Waals surface area (Å²) in [6, 6.07) is 18.2. The van der Waals surface area contributed by atoms with Crippen LogP contribution in [0.1, 0.15) is 32.3 Å². The lowest BCUT2D eigenvalue weighted by molar-refractivity contribution is -0.139. The third-order valence-corrected chi connectivity index (χ3v) is 8.90. The molecule has 2 amide bonds. The SMILES string of the molecule is CCCCNC(=O)[C@@H](C)N(Cc1ccc(Cl)c(Cl)c1)C(=O)CN(c1ccccc1Cl)S(=O)(=O)c1ccccc1. The second-order valence-electron chi connectivity index (χ2n) is 8.87. The molecule has 0 aliphatic rings. The molecule has 3 rings (SSSR count). The fourth-order valence-electron chi connectivity index (χ4n) is 3.84. The topological polar surface area (TPSA) is 86.8 Å². The van der Waals surface area contributed by atoms with Gasteiger partial charge in [0.25, 0.3) is 10.0 Å². The van der Waals surface area contributed by atoms with Crippen molar-refractivity contribution in [2.24, 2.45) is 0 Å². The quantitative estimate of drug-likeness (QED) is 0.248. The van der Waals surface area contributed by atoms with Crippen molar-refractivity contribution in [2.75, 3.05) is 17.4 Å². The van der Waals surface area contributed by atoms with E-state index in [2.05, 4.69) is 5.32 Å². The molecule has 0 aliphatic heterocycles. The Morgan fingerprint density at radius 3 is 2.21 bits per heavy atom.